The lowest BCUT2D eigenvalue weighted by Gasteiger charge is -2.55. The summed E-state index contributed by atoms with van der Waals surface area (Å²) < 4.78 is 0. The van der Waals surface area contributed by atoms with Crippen LogP contribution in [-0.4, -0.2) is 25.7 Å². The summed E-state index contributed by atoms with van der Waals surface area (Å²) in [6.07, 6.45) is 0. The third kappa shape index (κ3) is 0.361. The molecule has 2 heterocycles. The van der Waals surface area contributed by atoms with E-state index in [2.05, 4.69) is 17.6 Å². The smallest absolute Gasteiger partial charge is 0.0228 e. The van der Waals surface area contributed by atoms with E-state index >= 15 is 0 Å². The highest BCUT2D eigenvalue weighted by Gasteiger charge is 2.48. The second-order valence-corrected chi connectivity index (χ2v) is 3.07. The summed E-state index contributed by atoms with van der Waals surface area (Å²) in [5, 5.41) is 6.66. The molecule has 0 aromatic heterocycles. The summed E-state index contributed by atoms with van der Waals surface area (Å²) in [5.41, 5.74) is 0.681. The molecule has 1 spiro atoms. The molecule has 0 amide bonds. The molecule has 0 radical (unpaired) electrons. The van der Waals surface area contributed by atoms with Crippen molar-refractivity contribution in [3.8, 4) is 0 Å². The van der Waals surface area contributed by atoms with Gasteiger partial charge in [-0.1, -0.05) is 0 Å². The summed E-state index contributed by atoms with van der Waals surface area (Å²) in [6, 6.07) is 0.767. The summed E-state index contributed by atoms with van der Waals surface area (Å²) >= 11 is 0. The van der Waals surface area contributed by atoms with Crippen LogP contribution in [0.4, 0.5) is 0 Å². The van der Waals surface area contributed by atoms with Crippen molar-refractivity contribution in [3.05, 3.63) is 0 Å². The van der Waals surface area contributed by atoms with E-state index in [4.69, 9.17) is 0 Å². The van der Waals surface area contributed by atoms with E-state index in [0.717, 1.165) is 6.04 Å². The van der Waals surface area contributed by atoms with Crippen molar-refractivity contribution in [3.63, 3.8) is 0 Å². The van der Waals surface area contributed by atoms with E-state index in [-0.39, 0.29) is 0 Å². The quantitative estimate of drug-likeness (QED) is 0.444. The maximum Gasteiger partial charge on any atom is 0.0228 e. The fourth-order valence-electron chi connectivity index (χ4n) is 1.47. The van der Waals surface area contributed by atoms with Gasteiger partial charge in [-0.25, -0.2) is 0 Å². The van der Waals surface area contributed by atoms with Crippen molar-refractivity contribution in [2.45, 2.75) is 13.0 Å². The Morgan fingerprint density at radius 2 is 2.12 bits per heavy atom. The molecule has 0 aliphatic carbocycles. The second kappa shape index (κ2) is 1.25. The number of rotatable bonds is 0. The minimum Gasteiger partial charge on any atom is -0.315 e. The summed E-state index contributed by atoms with van der Waals surface area (Å²) in [7, 11) is 0. The Balaban J connectivity index is 2.03. The van der Waals surface area contributed by atoms with Crippen molar-refractivity contribution in [2.24, 2.45) is 5.41 Å². The highest BCUT2D eigenvalue weighted by Crippen LogP contribution is 2.32. The van der Waals surface area contributed by atoms with Gasteiger partial charge in [0.05, 0.1) is 0 Å². The molecule has 8 heavy (non-hydrogen) atoms. The average Bonchev–Trinajstić information content (AvgIpc) is 1.58. The molecular weight excluding hydrogens is 100 g/mol. The minimum absolute atomic E-state index is 0.681. The van der Waals surface area contributed by atoms with Crippen LogP contribution in [0.1, 0.15) is 6.92 Å². The predicted molar refractivity (Wildman–Crippen MR) is 32.8 cm³/mol. The normalized spacial score (nSPS) is 40.9. The first-order valence-corrected chi connectivity index (χ1v) is 3.28. The van der Waals surface area contributed by atoms with E-state index in [0.29, 0.717) is 5.41 Å². The monoisotopic (exact) mass is 112 g/mol. The van der Waals surface area contributed by atoms with Crippen molar-refractivity contribution in [2.75, 3.05) is 19.6 Å². The Morgan fingerprint density at radius 3 is 2.12 bits per heavy atom. The van der Waals surface area contributed by atoms with E-state index in [1.54, 1.807) is 0 Å². The number of hydrogen-bond acceptors (Lipinski definition) is 2. The molecule has 2 saturated heterocycles. The Hall–Kier alpha value is -0.0800. The Labute approximate surface area is 49.7 Å². The van der Waals surface area contributed by atoms with Gasteiger partial charge in [0, 0.05) is 31.1 Å². The molecule has 2 nitrogen and oxygen atoms in total. The summed E-state index contributed by atoms with van der Waals surface area (Å²) in [6.45, 7) is 5.98. The zero-order valence-electron chi connectivity index (χ0n) is 5.20. The number of hydrogen-bond donors (Lipinski definition) is 2. The molecule has 1 unspecified atom stereocenters. The van der Waals surface area contributed by atoms with Gasteiger partial charge in [-0.05, 0) is 6.92 Å². The zero-order valence-corrected chi connectivity index (χ0v) is 5.20. The Kier molecular flexibility index (Phi) is 0.746. The van der Waals surface area contributed by atoms with Crippen molar-refractivity contribution < 1.29 is 0 Å². The Bertz CT molecular complexity index is 102. The molecule has 0 aromatic carbocycles. The molecule has 0 saturated carbocycles. The summed E-state index contributed by atoms with van der Waals surface area (Å²) in [4.78, 5) is 0. The van der Waals surface area contributed by atoms with Gasteiger partial charge < -0.3 is 10.6 Å². The van der Waals surface area contributed by atoms with Gasteiger partial charge in [0.1, 0.15) is 0 Å². The van der Waals surface area contributed by atoms with Gasteiger partial charge >= 0.3 is 0 Å². The van der Waals surface area contributed by atoms with Gasteiger partial charge in [-0.15, -0.1) is 0 Å². The standard InChI is InChI=1S/C6H12N2/c1-5-6(4-8-5)2-7-3-6/h5,7-8H,2-4H2,1H3. The highest BCUT2D eigenvalue weighted by molar-refractivity contribution is 5.07. The van der Waals surface area contributed by atoms with E-state index in [9.17, 15) is 0 Å². The van der Waals surface area contributed by atoms with Crippen LogP contribution in [0.25, 0.3) is 0 Å². The first-order valence-electron chi connectivity index (χ1n) is 3.28. The van der Waals surface area contributed by atoms with Crippen LogP contribution in [0, 0.1) is 5.41 Å². The molecule has 2 aliphatic rings. The van der Waals surface area contributed by atoms with Crippen LogP contribution in [-0.2, 0) is 0 Å². The molecule has 1 atom stereocenters. The van der Waals surface area contributed by atoms with E-state index in [1.165, 1.54) is 19.6 Å². The highest BCUT2D eigenvalue weighted by atomic mass is 15.1. The molecule has 2 fully saturated rings. The molecule has 0 aromatic rings. The average molecular weight is 112 g/mol. The zero-order chi connectivity index (χ0) is 5.61. The molecule has 0 bridgehead atoms. The maximum absolute atomic E-state index is 3.36. The van der Waals surface area contributed by atoms with Gasteiger partial charge in [-0.3, -0.25) is 0 Å². The third-order valence-corrected chi connectivity index (χ3v) is 2.63. The first kappa shape index (κ1) is 4.77. The molecule has 2 N–H and O–H groups in total. The SMILES string of the molecule is CC1NCC12CNC2. The van der Waals surface area contributed by atoms with Crippen molar-refractivity contribution >= 4 is 0 Å². The van der Waals surface area contributed by atoms with Gasteiger partial charge in [0.25, 0.3) is 0 Å². The van der Waals surface area contributed by atoms with Crippen molar-refractivity contribution in [1.82, 2.24) is 10.6 Å². The second-order valence-electron chi connectivity index (χ2n) is 3.07. The number of nitrogens with one attached hydrogen (secondary N) is 2. The van der Waals surface area contributed by atoms with Crippen LogP contribution in [0.3, 0.4) is 0 Å². The lowest BCUT2D eigenvalue weighted by molar-refractivity contribution is 0.0322. The molecule has 2 rings (SSSR count). The fraction of sp³-hybridized carbons (Fsp3) is 1.00. The molecule has 2 aliphatic heterocycles. The van der Waals surface area contributed by atoms with Crippen LogP contribution in [0.2, 0.25) is 0 Å². The molecular formula is C6H12N2. The van der Waals surface area contributed by atoms with Gasteiger partial charge in [-0.2, -0.15) is 0 Å². The lowest BCUT2D eigenvalue weighted by Crippen LogP contribution is -2.74. The van der Waals surface area contributed by atoms with Crippen LogP contribution >= 0.6 is 0 Å². The topological polar surface area (TPSA) is 24.1 Å². The molecule has 46 valence electrons. The van der Waals surface area contributed by atoms with Gasteiger partial charge in [0.2, 0.25) is 0 Å². The maximum atomic E-state index is 3.36. The molecule has 2 heteroatoms. The first-order chi connectivity index (χ1) is 3.83. The van der Waals surface area contributed by atoms with Crippen LogP contribution in [0.5, 0.6) is 0 Å². The lowest BCUT2D eigenvalue weighted by atomic mass is 9.70. The third-order valence-electron chi connectivity index (χ3n) is 2.63. The van der Waals surface area contributed by atoms with Crippen LogP contribution < -0.4 is 10.6 Å². The van der Waals surface area contributed by atoms with E-state index < -0.39 is 0 Å². The fourth-order valence-corrected chi connectivity index (χ4v) is 1.47. The van der Waals surface area contributed by atoms with Crippen molar-refractivity contribution in [1.29, 1.82) is 0 Å². The minimum atomic E-state index is 0.681. The largest absolute Gasteiger partial charge is 0.315 e. The summed E-state index contributed by atoms with van der Waals surface area (Å²) in [5.74, 6) is 0. The Morgan fingerprint density at radius 1 is 1.38 bits per heavy atom. The van der Waals surface area contributed by atoms with Crippen LogP contribution in [0.15, 0.2) is 0 Å². The predicted octanol–water partition coefficient (Wildman–Crippen LogP) is -0.432. The van der Waals surface area contributed by atoms with Gasteiger partial charge in [0.15, 0.2) is 0 Å². The van der Waals surface area contributed by atoms with E-state index in [1.807, 2.05) is 0 Å².